The minimum Gasteiger partial charge on any atom is -0.211 e. The first-order valence-corrected chi connectivity index (χ1v) is 4.88. The van der Waals surface area contributed by atoms with Crippen LogP contribution in [0.1, 0.15) is 5.56 Å². The zero-order valence-electron chi connectivity index (χ0n) is 6.57. The first-order valence-electron chi connectivity index (χ1n) is 3.30. The summed E-state index contributed by atoms with van der Waals surface area (Å²) in [6.07, 6.45) is 1.38. The molecule has 0 aliphatic heterocycles. The summed E-state index contributed by atoms with van der Waals surface area (Å²) in [5, 5.41) is 0. The quantitative estimate of drug-likeness (QED) is 0.442. The van der Waals surface area contributed by atoms with Gasteiger partial charge in [-0.3, -0.25) is 0 Å². The third kappa shape index (κ3) is 2.05. The average Bonchev–Trinajstić information content (AvgIpc) is 2.09. The van der Waals surface area contributed by atoms with Crippen LogP contribution in [0.4, 0.5) is 10.1 Å². The van der Waals surface area contributed by atoms with Crippen molar-refractivity contribution in [2.75, 3.05) is 0 Å². The van der Waals surface area contributed by atoms with Crippen molar-refractivity contribution in [1.82, 2.24) is 0 Å². The maximum absolute atomic E-state index is 13.2. The number of hydrogen-bond donors (Lipinski definition) is 0. The fourth-order valence-corrected chi connectivity index (χ4v) is 2.31. The lowest BCUT2D eigenvalue weighted by atomic mass is 10.2. The number of rotatable bonds is 1. The third-order valence-electron chi connectivity index (χ3n) is 1.48. The molecule has 0 N–H and O–H groups in total. The first kappa shape index (κ1) is 10.6. The molecule has 0 atom stereocenters. The van der Waals surface area contributed by atoms with Crippen molar-refractivity contribution < 1.29 is 9.18 Å². The molecule has 68 valence electrons. The van der Waals surface area contributed by atoms with Gasteiger partial charge in [0.15, 0.2) is 5.82 Å². The van der Waals surface area contributed by atoms with Gasteiger partial charge in [-0.15, -0.1) is 0 Å². The van der Waals surface area contributed by atoms with Crippen LogP contribution in [0.15, 0.2) is 20.0 Å². The summed E-state index contributed by atoms with van der Waals surface area (Å²) in [4.78, 5) is 13.4. The number of isocyanates is 1. The molecule has 0 heterocycles. The predicted molar refractivity (Wildman–Crippen MR) is 54.3 cm³/mol. The van der Waals surface area contributed by atoms with Gasteiger partial charge in [-0.2, -0.15) is 4.99 Å². The summed E-state index contributed by atoms with van der Waals surface area (Å²) in [5.74, 6) is -0.473. The first-order chi connectivity index (χ1) is 6.07. The zero-order valence-corrected chi connectivity index (χ0v) is 9.74. The highest BCUT2D eigenvalue weighted by Gasteiger charge is 2.12. The Balaban J connectivity index is 3.52. The molecule has 0 unspecified atom stereocenters. The van der Waals surface area contributed by atoms with Gasteiger partial charge in [0.05, 0.1) is 14.6 Å². The Bertz CT molecular complexity index is 400. The largest absolute Gasteiger partial charge is 0.240 e. The van der Waals surface area contributed by atoms with Crippen molar-refractivity contribution in [3.63, 3.8) is 0 Å². The standard InChI is InChI=1S/C8H4Br2FNO/c1-4-2-5(9)7(11)6(10)8(4)12-3-13/h2H,1H3. The fraction of sp³-hybridized carbons (Fsp3) is 0.125. The van der Waals surface area contributed by atoms with E-state index >= 15 is 0 Å². The number of halogens is 3. The molecule has 0 fully saturated rings. The SMILES string of the molecule is Cc1cc(Br)c(F)c(Br)c1N=C=O. The van der Waals surface area contributed by atoms with Gasteiger partial charge in [-0.25, -0.2) is 9.18 Å². The molecule has 0 spiro atoms. The predicted octanol–water partition coefficient (Wildman–Crippen LogP) is 3.63. The van der Waals surface area contributed by atoms with Gasteiger partial charge in [-0.05, 0) is 50.4 Å². The van der Waals surface area contributed by atoms with E-state index in [0.717, 1.165) is 0 Å². The summed E-state index contributed by atoms with van der Waals surface area (Å²) in [6, 6.07) is 1.55. The van der Waals surface area contributed by atoms with Gasteiger partial charge in [0.1, 0.15) is 0 Å². The number of benzene rings is 1. The second-order valence-electron chi connectivity index (χ2n) is 2.35. The van der Waals surface area contributed by atoms with Crippen LogP contribution in [0.3, 0.4) is 0 Å². The monoisotopic (exact) mass is 307 g/mol. The molecule has 0 saturated heterocycles. The van der Waals surface area contributed by atoms with Crippen molar-refractivity contribution in [3.05, 3.63) is 26.4 Å². The summed E-state index contributed by atoms with van der Waals surface area (Å²) < 4.78 is 13.7. The Morgan fingerprint density at radius 1 is 1.54 bits per heavy atom. The smallest absolute Gasteiger partial charge is 0.211 e. The second-order valence-corrected chi connectivity index (χ2v) is 4.00. The molecular weight excluding hydrogens is 305 g/mol. The Hall–Kier alpha value is -0.510. The minimum absolute atomic E-state index is 0.169. The lowest BCUT2D eigenvalue weighted by molar-refractivity contribution is 0.565. The van der Waals surface area contributed by atoms with E-state index in [1.54, 1.807) is 13.0 Å². The van der Waals surface area contributed by atoms with Gasteiger partial charge in [-0.1, -0.05) is 0 Å². The Morgan fingerprint density at radius 3 is 2.69 bits per heavy atom. The molecular formula is C8H4Br2FNO. The van der Waals surface area contributed by atoms with Gasteiger partial charge < -0.3 is 0 Å². The van der Waals surface area contributed by atoms with Gasteiger partial charge in [0.25, 0.3) is 0 Å². The van der Waals surface area contributed by atoms with Crippen molar-refractivity contribution in [1.29, 1.82) is 0 Å². The highest BCUT2D eigenvalue weighted by molar-refractivity contribution is 9.11. The Labute approximate surface area is 91.1 Å². The van der Waals surface area contributed by atoms with E-state index in [1.807, 2.05) is 0 Å². The van der Waals surface area contributed by atoms with Gasteiger partial charge in [0.2, 0.25) is 6.08 Å². The minimum atomic E-state index is -0.473. The van der Waals surface area contributed by atoms with E-state index in [2.05, 4.69) is 36.9 Å². The highest BCUT2D eigenvalue weighted by atomic mass is 79.9. The number of hydrogen-bond acceptors (Lipinski definition) is 2. The lowest BCUT2D eigenvalue weighted by Crippen LogP contribution is -1.84. The molecule has 1 rings (SSSR count). The average molecular weight is 309 g/mol. The van der Waals surface area contributed by atoms with Gasteiger partial charge >= 0.3 is 0 Å². The summed E-state index contributed by atoms with van der Waals surface area (Å²) in [5.41, 5.74) is 0.971. The summed E-state index contributed by atoms with van der Waals surface area (Å²) in [6.45, 7) is 1.73. The molecule has 0 aliphatic carbocycles. The maximum atomic E-state index is 13.2. The maximum Gasteiger partial charge on any atom is 0.240 e. The normalized spacial score (nSPS) is 9.54. The van der Waals surface area contributed by atoms with Crippen LogP contribution in [0, 0.1) is 12.7 Å². The fourth-order valence-electron chi connectivity index (χ4n) is 0.887. The van der Waals surface area contributed by atoms with Crippen LogP contribution in [0.25, 0.3) is 0 Å². The van der Waals surface area contributed by atoms with Crippen LogP contribution in [0.2, 0.25) is 0 Å². The summed E-state index contributed by atoms with van der Waals surface area (Å²) in [7, 11) is 0. The molecule has 2 nitrogen and oxygen atoms in total. The molecule has 0 radical (unpaired) electrons. The topological polar surface area (TPSA) is 29.4 Å². The molecule has 1 aromatic rings. The van der Waals surface area contributed by atoms with Crippen molar-refractivity contribution in [3.8, 4) is 0 Å². The molecule has 0 saturated carbocycles. The van der Waals surface area contributed by atoms with Crippen LogP contribution in [-0.4, -0.2) is 6.08 Å². The van der Waals surface area contributed by atoms with E-state index in [4.69, 9.17) is 0 Å². The van der Waals surface area contributed by atoms with Crippen molar-refractivity contribution >= 4 is 43.6 Å². The van der Waals surface area contributed by atoms with E-state index in [0.29, 0.717) is 10.0 Å². The number of aryl methyl sites for hydroxylation is 1. The van der Waals surface area contributed by atoms with Gasteiger partial charge in [0, 0.05) is 0 Å². The molecule has 0 bridgehead atoms. The second kappa shape index (κ2) is 4.13. The van der Waals surface area contributed by atoms with E-state index < -0.39 is 5.82 Å². The molecule has 1 aromatic carbocycles. The van der Waals surface area contributed by atoms with Crippen LogP contribution in [0.5, 0.6) is 0 Å². The summed E-state index contributed by atoms with van der Waals surface area (Å²) >= 11 is 6.04. The van der Waals surface area contributed by atoms with E-state index in [9.17, 15) is 9.18 Å². The zero-order chi connectivity index (χ0) is 10.0. The number of aliphatic imine (C=N–C) groups is 1. The van der Waals surface area contributed by atoms with Crippen LogP contribution >= 0.6 is 31.9 Å². The molecule has 5 heteroatoms. The molecule has 0 aliphatic rings. The van der Waals surface area contributed by atoms with Crippen molar-refractivity contribution in [2.45, 2.75) is 6.92 Å². The molecule has 0 aromatic heterocycles. The molecule has 13 heavy (non-hydrogen) atoms. The van der Waals surface area contributed by atoms with Crippen LogP contribution in [-0.2, 0) is 4.79 Å². The number of nitrogens with zero attached hydrogens (tertiary/aromatic N) is 1. The van der Waals surface area contributed by atoms with E-state index in [-0.39, 0.29) is 10.2 Å². The molecule has 0 amide bonds. The Morgan fingerprint density at radius 2 is 2.15 bits per heavy atom. The lowest BCUT2D eigenvalue weighted by Gasteiger charge is -2.04. The van der Waals surface area contributed by atoms with Crippen LogP contribution < -0.4 is 0 Å². The van der Waals surface area contributed by atoms with E-state index in [1.165, 1.54) is 6.08 Å². The third-order valence-corrected chi connectivity index (χ3v) is 2.79. The Kier molecular flexibility index (Phi) is 3.36. The number of carbonyl (C=O) groups excluding carboxylic acids is 1. The highest BCUT2D eigenvalue weighted by Crippen LogP contribution is 2.35. The van der Waals surface area contributed by atoms with Crippen molar-refractivity contribution in [2.24, 2.45) is 4.99 Å².